The highest BCUT2D eigenvalue weighted by Crippen LogP contribution is 2.31. The van der Waals surface area contributed by atoms with E-state index in [9.17, 15) is 9.59 Å². The molecule has 5 nitrogen and oxygen atoms in total. The average molecular weight is 229 g/mol. The second-order valence-electron chi connectivity index (χ2n) is 3.98. The van der Waals surface area contributed by atoms with E-state index in [0.29, 0.717) is 19.4 Å². The molecule has 1 aliphatic rings. The summed E-state index contributed by atoms with van der Waals surface area (Å²) >= 11 is 0. The van der Waals surface area contributed by atoms with Crippen molar-refractivity contribution in [1.29, 1.82) is 0 Å². The summed E-state index contributed by atoms with van der Waals surface area (Å²) in [6.07, 6.45) is 3.31. The lowest BCUT2D eigenvalue weighted by Gasteiger charge is -2.27. The zero-order valence-electron chi connectivity index (χ0n) is 9.61. The second kappa shape index (κ2) is 6.48. The van der Waals surface area contributed by atoms with Gasteiger partial charge in [0.2, 0.25) is 0 Å². The van der Waals surface area contributed by atoms with Crippen molar-refractivity contribution in [3.8, 4) is 0 Å². The largest absolute Gasteiger partial charge is 0.469 e. The van der Waals surface area contributed by atoms with Gasteiger partial charge in [0.15, 0.2) is 0 Å². The molecule has 0 spiro atoms. The Balaban J connectivity index is 2.59. The molecule has 0 saturated heterocycles. The van der Waals surface area contributed by atoms with E-state index in [1.54, 1.807) is 0 Å². The molecule has 1 rings (SSSR count). The number of nitrogens with two attached hydrogens (primary N) is 1. The first-order valence-electron chi connectivity index (χ1n) is 5.65. The van der Waals surface area contributed by atoms with Crippen molar-refractivity contribution in [2.75, 3.05) is 20.3 Å². The van der Waals surface area contributed by atoms with E-state index < -0.39 is 0 Å². The molecule has 2 N–H and O–H groups in total. The monoisotopic (exact) mass is 229 g/mol. The van der Waals surface area contributed by atoms with Gasteiger partial charge < -0.3 is 15.2 Å². The van der Waals surface area contributed by atoms with Crippen molar-refractivity contribution < 1.29 is 19.1 Å². The van der Waals surface area contributed by atoms with E-state index in [2.05, 4.69) is 0 Å². The quantitative estimate of drug-likeness (QED) is 0.709. The van der Waals surface area contributed by atoms with Gasteiger partial charge in [0, 0.05) is 6.54 Å². The molecule has 0 bridgehead atoms. The molecule has 1 saturated carbocycles. The SMILES string of the molecule is COC(=O)C1CCCCC1C(=O)OCCN. The zero-order valence-corrected chi connectivity index (χ0v) is 9.61. The Morgan fingerprint density at radius 3 is 2.25 bits per heavy atom. The number of rotatable bonds is 4. The van der Waals surface area contributed by atoms with Gasteiger partial charge in [0.25, 0.3) is 0 Å². The predicted octanol–water partition coefficient (Wildman–Crippen LogP) is 0.468. The number of ether oxygens (including phenoxy) is 2. The van der Waals surface area contributed by atoms with Crippen LogP contribution in [-0.4, -0.2) is 32.2 Å². The second-order valence-corrected chi connectivity index (χ2v) is 3.98. The fourth-order valence-electron chi connectivity index (χ4n) is 2.11. The minimum Gasteiger partial charge on any atom is -0.469 e. The van der Waals surface area contributed by atoms with Gasteiger partial charge in [-0.3, -0.25) is 9.59 Å². The Morgan fingerprint density at radius 2 is 1.75 bits per heavy atom. The van der Waals surface area contributed by atoms with Crippen LogP contribution >= 0.6 is 0 Å². The van der Waals surface area contributed by atoms with E-state index in [0.717, 1.165) is 12.8 Å². The molecule has 16 heavy (non-hydrogen) atoms. The van der Waals surface area contributed by atoms with E-state index in [1.165, 1.54) is 7.11 Å². The fourth-order valence-corrected chi connectivity index (χ4v) is 2.11. The van der Waals surface area contributed by atoms with E-state index in [4.69, 9.17) is 15.2 Å². The molecule has 2 unspecified atom stereocenters. The first kappa shape index (κ1) is 13.0. The summed E-state index contributed by atoms with van der Waals surface area (Å²) < 4.78 is 9.69. The molecule has 0 aromatic rings. The number of carbonyl (C=O) groups is 2. The number of carbonyl (C=O) groups excluding carboxylic acids is 2. The molecule has 0 aromatic carbocycles. The first-order valence-corrected chi connectivity index (χ1v) is 5.65. The van der Waals surface area contributed by atoms with Gasteiger partial charge in [0.05, 0.1) is 18.9 Å². The summed E-state index contributed by atoms with van der Waals surface area (Å²) in [5.74, 6) is -1.33. The predicted molar refractivity (Wildman–Crippen MR) is 57.5 cm³/mol. The molecule has 1 fully saturated rings. The van der Waals surface area contributed by atoms with Crippen LogP contribution in [0.5, 0.6) is 0 Å². The normalized spacial score (nSPS) is 24.9. The number of methoxy groups -OCH3 is 1. The van der Waals surface area contributed by atoms with Crippen LogP contribution in [0, 0.1) is 11.8 Å². The summed E-state index contributed by atoms with van der Waals surface area (Å²) in [4.78, 5) is 23.2. The van der Waals surface area contributed by atoms with Crippen molar-refractivity contribution in [3.63, 3.8) is 0 Å². The van der Waals surface area contributed by atoms with E-state index in [-0.39, 0.29) is 30.4 Å². The molecule has 0 amide bonds. The van der Waals surface area contributed by atoms with E-state index >= 15 is 0 Å². The van der Waals surface area contributed by atoms with E-state index in [1.807, 2.05) is 0 Å². The molecule has 5 heteroatoms. The van der Waals surface area contributed by atoms with Crippen LogP contribution in [0.4, 0.5) is 0 Å². The minimum atomic E-state index is -0.354. The molecule has 2 atom stereocenters. The lowest BCUT2D eigenvalue weighted by Crippen LogP contribution is -2.35. The highest BCUT2D eigenvalue weighted by Gasteiger charge is 2.37. The maximum absolute atomic E-state index is 11.7. The van der Waals surface area contributed by atoms with Crippen LogP contribution < -0.4 is 5.73 Å². The minimum absolute atomic E-state index is 0.212. The van der Waals surface area contributed by atoms with Gasteiger partial charge in [-0.05, 0) is 12.8 Å². The summed E-state index contributed by atoms with van der Waals surface area (Å²) in [7, 11) is 1.35. The van der Waals surface area contributed by atoms with Crippen LogP contribution in [0.25, 0.3) is 0 Å². The summed E-state index contributed by atoms with van der Waals surface area (Å²) in [5, 5.41) is 0. The van der Waals surface area contributed by atoms with Gasteiger partial charge >= 0.3 is 11.9 Å². The lowest BCUT2D eigenvalue weighted by molar-refractivity contribution is -0.161. The molecular formula is C11H19NO4. The Kier molecular flexibility index (Phi) is 5.25. The molecule has 0 aliphatic heterocycles. The van der Waals surface area contributed by atoms with Crippen LogP contribution in [0.3, 0.4) is 0 Å². The number of hydrogen-bond acceptors (Lipinski definition) is 5. The van der Waals surface area contributed by atoms with Gasteiger partial charge in [-0.15, -0.1) is 0 Å². The topological polar surface area (TPSA) is 78.6 Å². The summed E-state index contributed by atoms with van der Waals surface area (Å²) in [6.45, 7) is 0.518. The fraction of sp³-hybridized carbons (Fsp3) is 0.818. The zero-order chi connectivity index (χ0) is 12.0. The van der Waals surface area contributed by atoms with Crippen molar-refractivity contribution >= 4 is 11.9 Å². The third-order valence-electron chi connectivity index (χ3n) is 2.93. The smallest absolute Gasteiger partial charge is 0.309 e. The van der Waals surface area contributed by atoms with Gasteiger partial charge in [-0.25, -0.2) is 0 Å². The third kappa shape index (κ3) is 3.20. The highest BCUT2D eigenvalue weighted by atomic mass is 16.5. The van der Waals surface area contributed by atoms with Crippen LogP contribution in [0.1, 0.15) is 25.7 Å². The highest BCUT2D eigenvalue weighted by molar-refractivity contribution is 5.82. The van der Waals surface area contributed by atoms with Crippen LogP contribution in [0.15, 0.2) is 0 Å². The molecule has 0 heterocycles. The maximum atomic E-state index is 11.7. The number of hydrogen-bond donors (Lipinski definition) is 1. The molecule has 1 aliphatic carbocycles. The van der Waals surface area contributed by atoms with Crippen LogP contribution in [0.2, 0.25) is 0 Å². The maximum Gasteiger partial charge on any atom is 0.309 e. The van der Waals surface area contributed by atoms with Gasteiger partial charge in [-0.2, -0.15) is 0 Å². The first-order chi connectivity index (χ1) is 7.70. The van der Waals surface area contributed by atoms with Crippen molar-refractivity contribution in [3.05, 3.63) is 0 Å². The van der Waals surface area contributed by atoms with Crippen molar-refractivity contribution in [2.45, 2.75) is 25.7 Å². The van der Waals surface area contributed by atoms with Gasteiger partial charge in [0.1, 0.15) is 6.61 Å². The Labute approximate surface area is 95.3 Å². The third-order valence-corrected chi connectivity index (χ3v) is 2.93. The molecule has 0 aromatic heterocycles. The average Bonchev–Trinajstić information content (AvgIpc) is 2.35. The molecular weight excluding hydrogens is 210 g/mol. The Bertz CT molecular complexity index is 254. The lowest BCUT2D eigenvalue weighted by atomic mass is 9.79. The number of esters is 2. The summed E-state index contributed by atoms with van der Waals surface area (Å²) in [6, 6.07) is 0. The molecule has 92 valence electrons. The Hall–Kier alpha value is -1.10. The van der Waals surface area contributed by atoms with Crippen molar-refractivity contribution in [1.82, 2.24) is 0 Å². The Morgan fingerprint density at radius 1 is 1.19 bits per heavy atom. The van der Waals surface area contributed by atoms with Crippen molar-refractivity contribution in [2.24, 2.45) is 17.6 Å². The standard InChI is InChI=1S/C11H19NO4/c1-15-10(13)8-4-2-3-5-9(8)11(14)16-7-6-12/h8-9H,2-7,12H2,1H3. The summed E-state index contributed by atoms with van der Waals surface area (Å²) in [5.41, 5.74) is 5.26. The molecule has 0 radical (unpaired) electrons. The van der Waals surface area contributed by atoms with Crippen LogP contribution in [-0.2, 0) is 19.1 Å². The van der Waals surface area contributed by atoms with Gasteiger partial charge in [-0.1, -0.05) is 12.8 Å².